The van der Waals surface area contributed by atoms with E-state index in [2.05, 4.69) is 5.32 Å². The van der Waals surface area contributed by atoms with E-state index in [1.165, 1.54) is 0 Å². The summed E-state index contributed by atoms with van der Waals surface area (Å²) >= 11 is 16.3. The Balaban J connectivity index is 2.51. The first-order valence-electron chi connectivity index (χ1n) is 4.07. The first-order valence-corrected chi connectivity index (χ1v) is 5.23. The van der Waals surface area contributed by atoms with Gasteiger partial charge in [0.25, 0.3) is 0 Å². The van der Waals surface area contributed by atoms with Crippen LogP contribution in [-0.2, 0) is 0 Å². The van der Waals surface area contributed by atoms with E-state index in [4.69, 9.17) is 41.2 Å². The number of halogens is 2. The van der Waals surface area contributed by atoms with Gasteiger partial charge in [-0.05, 0) is 18.2 Å². The zero-order chi connectivity index (χ0) is 10.6. The van der Waals surface area contributed by atoms with Gasteiger partial charge in [-0.15, -0.1) is 0 Å². The molecule has 1 aromatic rings. The van der Waals surface area contributed by atoms with Crippen molar-refractivity contribution >= 4 is 46.1 Å². The number of thiocarbonyl (C=S) groups is 1. The first kappa shape index (κ1) is 11.6. The molecule has 0 unspecified atom stereocenters. The van der Waals surface area contributed by atoms with E-state index < -0.39 is 0 Å². The van der Waals surface area contributed by atoms with Crippen LogP contribution in [0.4, 0.5) is 5.69 Å². The molecular formula is C9H10Cl2N2S. The predicted molar refractivity (Wildman–Crippen MR) is 66.4 cm³/mol. The third-order valence-electron chi connectivity index (χ3n) is 1.62. The highest BCUT2D eigenvalue weighted by atomic mass is 35.5. The molecule has 0 aliphatic carbocycles. The number of hydrogen-bond acceptors (Lipinski definition) is 2. The van der Waals surface area contributed by atoms with Crippen LogP contribution in [0.1, 0.15) is 6.42 Å². The lowest BCUT2D eigenvalue weighted by molar-refractivity contribution is 1.11. The predicted octanol–water partition coefficient (Wildman–Crippen LogP) is 3.08. The molecule has 2 nitrogen and oxygen atoms in total. The molecule has 0 radical (unpaired) electrons. The van der Waals surface area contributed by atoms with Gasteiger partial charge in [0.1, 0.15) is 0 Å². The van der Waals surface area contributed by atoms with Crippen molar-refractivity contribution in [3.8, 4) is 0 Å². The summed E-state index contributed by atoms with van der Waals surface area (Å²) < 4.78 is 0. The van der Waals surface area contributed by atoms with Crippen molar-refractivity contribution in [2.75, 3.05) is 11.9 Å². The first-order chi connectivity index (χ1) is 6.59. The number of nitrogens with two attached hydrogens (primary N) is 1. The second-order valence-corrected chi connectivity index (χ2v) is 4.11. The van der Waals surface area contributed by atoms with Crippen LogP contribution in [0.25, 0.3) is 0 Å². The summed E-state index contributed by atoms with van der Waals surface area (Å²) in [5, 5.41) is 4.22. The van der Waals surface area contributed by atoms with Crippen LogP contribution < -0.4 is 11.1 Å². The van der Waals surface area contributed by atoms with Gasteiger partial charge in [-0.3, -0.25) is 0 Å². The van der Waals surface area contributed by atoms with Gasteiger partial charge in [0.05, 0.1) is 15.0 Å². The lowest BCUT2D eigenvalue weighted by Gasteiger charge is -2.06. The third kappa shape index (κ3) is 3.70. The lowest BCUT2D eigenvalue weighted by atomic mass is 10.3. The van der Waals surface area contributed by atoms with Crippen LogP contribution in [0.15, 0.2) is 18.2 Å². The Morgan fingerprint density at radius 2 is 2.07 bits per heavy atom. The average molecular weight is 249 g/mol. The Morgan fingerprint density at radius 1 is 1.36 bits per heavy atom. The van der Waals surface area contributed by atoms with Gasteiger partial charge in [0.15, 0.2) is 0 Å². The molecule has 0 aromatic heterocycles. The summed E-state index contributed by atoms with van der Waals surface area (Å²) in [7, 11) is 0. The molecule has 14 heavy (non-hydrogen) atoms. The Morgan fingerprint density at radius 3 is 2.64 bits per heavy atom. The molecule has 0 fully saturated rings. The maximum atomic E-state index is 5.83. The normalized spacial score (nSPS) is 9.86. The highest BCUT2D eigenvalue weighted by Crippen LogP contribution is 2.24. The smallest absolute Gasteiger partial charge is 0.0745 e. The van der Waals surface area contributed by atoms with Gasteiger partial charge in [-0.1, -0.05) is 35.4 Å². The minimum Gasteiger partial charge on any atom is -0.393 e. The van der Waals surface area contributed by atoms with Gasteiger partial charge in [0.2, 0.25) is 0 Å². The van der Waals surface area contributed by atoms with E-state index in [0.717, 1.165) is 5.69 Å². The topological polar surface area (TPSA) is 38.0 Å². The second-order valence-electron chi connectivity index (χ2n) is 2.77. The van der Waals surface area contributed by atoms with Crippen molar-refractivity contribution in [2.24, 2.45) is 5.73 Å². The average Bonchev–Trinajstić information content (AvgIpc) is 2.10. The Labute approximate surface area is 98.4 Å². The van der Waals surface area contributed by atoms with Crippen molar-refractivity contribution < 1.29 is 0 Å². The monoisotopic (exact) mass is 248 g/mol. The van der Waals surface area contributed by atoms with Crippen LogP contribution in [0, 0.1) is 0 Å². The molecule has 76 valence electrons. The molecule has 5 heteroatoms. The summed E-state index contributed by atoms with van der Waals surface area (Å²) in [6, 6.07) is 5.37. The van der Waals surface area contributed by atoms with Crippen molar-refractivity contribution in [1.82, 2.24) is 0 Å². The zero-order valence-corrected chi connectivity index (χ0v) is 9.72. The van der Waals surface area contributed by atoms with Crippen molar-refractivity contribution in [2.45, 2.75) is 6.42 Å². The molecule has 0 atom stereocenters. The highest BCUT2D eigenvalue weighted by Gasteiger charge is 1.98. The number of hydrogen-bond donors (Lipinski definition) is 2. The highest BCUT2D eigenvalue weighted by molar-refractivity contribution is 7.80. The van der Waals surface area contributed by atoms with E-state index in [1.54, 1.807) is 12.1 Å². The minimum absolute atomic E-state index is 0.498. The van der Waals surface area contributed by atoms with Crippen LogP contribution in [-0.4, -0.2) is 11.5 Å². The zero-order valence-electron chi connectivity index (χ0n) is 7.39. The maximum absolute atomic E-state index is 5.83. The fourth-order valence-corrected chi connectivity index (χ4v) is 1.34. The van der Waals surface area contributed by atoms with E-state index in [0.29, 0.717) is 28.0 Å². The summed E-state index contributed by atoms with van der Waals surface area (Å²) in [4.78, 5) is 0.498. The quantitative estimate of drug-likeness (QED) is 0.805. The van der Waals surface area contributed by atoms with Gasteiger partial charge in [0, 0.05) is 18.7 Å². The van der Waals surface area contributed by atoms with Crippen LogP contribution in [0.5, 0.6) is 0 Å². The molecule has 0 spiro atoms. The molecule has 1 aromatic carbocycles. The largest absolute Gasteiger partial charge is 0.393 e. The van der Waals surface area contributed by atoms with Crippen molar-refractivity contribution in [3.05, 3.63) is 28.2 Å². The number of rotatable bonds is 4. The standard InChI is InChI=1S/C9H10Cl2N2S/c10-7-2-1-6(5-8(7)11)13-4-3-9(12)14/h1-2,5,13H,3-4H2,(H2,12,14). The molecule has 0 saturated heterocycles. The number of nitrogens with one attached hydrogen (secondary N) is 1. The number of anilines is 1. The SMILES string of the molecule is NC(=S)CCNc1ccc(Cl)c(Cl)c1. The molecule has 0 amide bonds. The summed E-state index contributed by atoms with van der Waals surface area (Å²) in [5.74, 6) is 0. The molecule has 0 heterocycles. The van der Waals surface area contributed by atoms with Crippen LogP contribution >= 0.6 is 35.4 Å². The fourth-order valence-electron chi connectivity index (χ4n) is 0.936. The third-order valence-corrected chi connectivity index (χ3v) is 2.56. The summed E-state index contributed by atoms with van der Waals surface area (Å²) in [6.45, 7) is 0.702. The molecule has 1 rings (SSSR count). The van der Waals surface area contributed by atoms with Crippen molar-refractivity contribution in [3.63, 3.8) is 0 Å². The second kappa shape index (κ2) is 5.39. The van der Waals surface area contributed by atoms with Crippen LogP contribution in [0.3, 0.4) is 0 Å². The van der Waals surface area contributed by atoms with Gasteiger partial charge in [-0.2, -0.15) is 0 Å². The van der Waals surface area contributed by atoms with E-state index in [-0.39, 0.29) is 0 Å². The lowest BCUT2D eigenvalue weighted by Crippen LogP contribution is -2.13. The van der Waals surface area contributed by atoms with E-state index in [1.807, 2.05) is 6.07 Å². The van der Waals surface area contributed by atoms with E-state index in [9.17, 15) is 0 Å². The summed E-state index contributed by atoms with van der Waals surface area (Å²) in [6.07, 6.45) is 0.662. The molecule has 0 aliphatic rings. The Bertz CT molecular complexity index is 342. The molecule has 0 aliphatic heterocycles. The number of benzene rings is 1. The molecule has 0 bridgehead atoms. The molecule has 3 N–H and O–H groups in total. The van der Waals surface area contributed by atoms with Crippen molar-refractivity contribution in [1.29, 1.82) is 0 Å². The maximum Gasteiger partial charge on any atom is 0.0745 e. The van der Waals surface area contributed by atoms with Crippen LogP contribution in [0.2, 0.25) is 10.0 Å². The Hall–Kier alpha value is -0.510. The van der Waals surface area contributed by atoms with Gasteiger partial charge < -0.3 is 11.1 Å². The molecular weight excluding hydrogens is 239 g/mol. The van der Waals surface area contributed by atoms with E-state index >= 15 is 0 Å². The Kier molecular flexibility index (Phi) is 4.45. The summed E-state index contributed by atoms with van der Waals surface area (Å²) in [5.41, 5.74) is 6.27. The van der Waals surface area contributed by atoms with Gasteiger partial charge >= 0.3 is 0 Å². The van der Waals surface area contributed by atoms with Gasteiger partial charge in [-0.25, -0.2) is 0 Å². The fraction of sp³-hybridized carbons (Fsp3) is 0.222. The minimum atomic E-state index is 0.498. The molecule has 0 saturated carbocycles.